The Labute approximate surface area is 91.8 Å². The minimum absolute atomic E-state index is 0. The molecule has 0 spiro atoms. The smallest absolute Gasteiger partial charge is 0.262 e. The summed E-state index contributed by atoms with van der Waals surface area (Å²) in [5.41, 5.74) is 6.56. The van der Waals surface area contributed by atoms with Gasteiger partial charge in [0, 0.05) is 5.69 Å². The van der Waals surface area contributed by atoms with Crippen molar-refractivity contribution < 1.29 is 9.53 Å². The van der Waals surface area contributed by atoms with Crippen LogP contribution < -0.4 is 15.8 Å². The third kappa shape index (κ3) is 1.86. The third-order valence-corrected chi connectivity index (χ3v) is 1.97. The predicted molar refractivity (Wildman–Crippen MR) is 57.2 cm³/mol. The Kier molecular flexibility index (Phi) is 3.08. The molecule has 1 aromatic carbocycles. The van der Waals surface area contributed by atoms with Crippen LogP contribution in [0.25, 0.3) is 0 Å². The molecule has 0 fully saturated rings. The molecule has 0 radical (unpaired) electrons. The zero-order valence-electron chi connectivity index (χ0n) is 7.04. The van der Waals surface area contributed by atoms with Crippen molar-refractivity contribution in [3.05, 3.63) is 17.2 Å². The lowest BCUT2D eigenvalue weighted by Crippen LogP contribution is -2.25. The van der Waals surface area contributed by atoms with Crippen LogP contribution in [0.3, 0.4) is 0 Å². The van der Waals surface area contributed by atoms with Crippen LogP contribution in [0.4, 0.5) is 11.4 Å². The highest BCUT2D eigenvalue weighted by Crippen LogP contribution is 2.37. The SMILES string of the molecule is Cl.Nc1cc(Cl)c2c(c1)NC(=O)CO2. The fourth-order valence-corrected chi connectivity index (χ4v) is 1.46. The number of fused-ring (bicyclic) bond motifs is 1. The number of benzene rings is 1. The lowest BCUT2D eigenvalue weighted by molar-refractivity contribution is -0.118. The molecule has 0 aliphatic carbocycles. The van der Waals surface area contributed by atoms with Gasteiger partial charge in [0.15, 0.2) is 12.4 Å². The van der Waals surface area contributed by atoms with Crippen LogP contribution in [0, 0.1) is 0 Å². The molecule has 0 saturated heterocycles. The second-order valence-corrected chi connectivity index (χ2v) is 3.12. The zero-order chi connectivity index (χ0) is 9.42. The highest BCUT2D eigenvalue weighted by Gasteiger charge is 2.18. The number of halogens is 2. The number of amides is 1. The fourth-order valence-electron chi connectivity index (χ4n) is 1.18. The minimum Gasteiger partial charge on any atom is -0.480 e. The van der Waals surface area contributed by atoms with Gasteiger partial charge in [0.2, 0.25) is 0 Å². The normalized spacial score (nSPS) is 13.4. The maximum atomic E-state index is 10.9. The number of nitrogen functional groups attached to an aromatic ring is 1. The summed E-state index contributed by atoms with van der Waals surface area (Å²) in [6.07, 6.45) is 0. The lowest BCUT2D eigenvalue weighted by Gasteiger charge is -2.19. The number of rotatable bonds is 0. The van der Waals surface area contributed by atoms with Crippen molar-refractivity contribution in [2.24, 2.45) is 0 Å². The lowest BCUT2D eigenvalue weighted by atomic mass is 10.2. The molecular formula is C8H8Cl2N2O2. The summed E-state index contributed by atoms with van der Waals surface area (Å²) in [6.45, 7) is -0.00334. The van der Waals surface area contributed by atoms with Crippen LogP contribution >= 0.6 is 24.0 Å². The van der Waals surface area contributed by atoms with E-state index in [-0.39, 0.29) is 24.9 Å². The molecular weight excluding hydrogens is 227 g/mol. The molecule has 1 aliphatic rings. The minimum atomic E-state index is -0.200. The van der Waals surface area contributed by atoms with Crippen molar-refractivity contribution in [3.63, 3.8) is 0 Å². The van der Waals surface area contributed by atoms with Crippen LogP contribution in [0.1, 0.15) is 0 Å². The van der Waals surface area contributed by atoms with Crippen molar-refractivity contribution in [2.75, 3.05) is 17.7 Å². The Morgan fingerprint density at radius 2 is 2.21 bits per heavy atom. The van der Waals surface area contributed by atoms with Gasteiger partial charge >= 0.3 is 0 Å². The predicted octanol–water partition coefficient (Wildman–Crippen LogP) is 1.67. The van der Waals surface area contributed by atoms with Crippen molar-refractivity contribution in [1.82, 2.24) is 0 Å². The molecule has 4 nitrogen and oxygen atoms in total. The fraction of sp³-hybridized carbons (Fsp3) is 0.125. The zero-order valence-corrected chi connectivity index (χ0v) is 8.61. The quantitative estimate of drug-likeness (QED) is 0.672. The highest BCUT2D eigenvalue weighted by atomic mass is 35.5. The van der Waals surface area contributed by atoms with Gasteiger partial charge in [0.25, 0.3) is 5.91 Å². The average Bonchev–Trinajstić information content (AvgIpc) is 2.02. The van der Waals surface area contributed by atoms with E-state index >= 15 is 0 Å². The largest absolute Gasteiger partial charge is 0.480 e. The number of anilines is 2. The van der Waals surface area contributed by atoms with Gasteiger partial charge in [-0.3, -0.25) is 4.79 Å². The summed E-state index contributed by atoms with van der Waals surface area (Å²) in [4.78, 5) is 10.9. The molecule has 76 valence electrons. The summed E-state index contributed by atoms with van der Waals surface area (Å²) in [5.74, 6) is 0.282. The molecule has 0 unspecified atom stereocenters. The summed E-state index contributed by atoms with van der Waals surface area (Å²) < 4.78 is 5.12. The van der Waals surface area contributed by atoms with E-state index in [0.717, 1.165) is 0 Å². The first-order valence-electron chi connectivity index (χ1n) is 3.68. The molecule has 1 aliphatic heterocycles. The Bertz CT molecular complexity index is 382. The maximum Gasteiger partial charge on any atom is 0.262 e. The van der Waals surface area contributed by atoms with Crippen molar-refractivity contribution >= 4 is 41.3 Å². The van der Waals surface area contributed by atoms with Crippen LogP contribution in [0.2, 0.25) is 5.02 Å². The molecule has 0 aromatic heterocycles. The van der Waals surface area contributed by atoms with Crippen LogP contribution in [-0.2, 0) is 4.79 Å². The van der Waals surface area contributed by atoms with Crippen molar-refractivity contribution in [3.8, 4) is 5.75 Å². The van der Waals surface area contributed by atoms with Crippen molar-refractivity contribution in [2.45, 2.75) is 0 Å². The summed E-state index contributed by atoms with van der Waals surface area (Å²) in [6, 6.07) is 3.19. The first-order chi connectivity index (χ1) is 6.16. The molecule has 1 aromatic rings. The average molecular weight is 235 g/mol. The molecule has 0 saturated carbocycles. The van der Waals surface area contributed by atoms with E-state index in [0.29, 0.717) is 22.1 Å². The Morgan fingerprint density at radius 3 is 2.93 bits per heavy atom. The van der Waals surface area contributed by atoms with Gasteiger partial charge in [-0.15, -0.1) is 12.4 Å². The van der Waals surface area contributed by atoms with E-state index in [2.05, 4.69) is 5.32 Å². The number of nitrogens with one attached hydrogen (secondary N) is 1. The number of carbonyl (C=O) groups is 1. The molecule has 2 rings (SSSR count). The third-order valence-electron chi connectivity index (χ3n) is 1.69. The number of carbonyl (C=O) groups excluding carboxylic acids is 1. The number of nitrogens with two attached hydrogens (primary N) is 1. The number of ether oxygens (including phenoxy) is 1. The number of hydrogen-bond acceptors (Lipinski definition) is 3. The Balaban J connectivity index is 0.000000980. The first kappa shape index (κ1) is 10.9. The Hall–Kier alpha value is -1.13. The second kappa shape index (κ2) is 3.94. The molecule has 6 heteroatoms. The monoisotopic (exact) mass is 234 g/mol. The van der Waals surface area contributed by atoms with E-state index in [1.807, 2.05) is 0 Å². The van der Waals surface area contributed by atoms with Crippen LogP contribution in [-0.4, -0.2) is 12.5 Å². The standard InChI is InChI=1S/C8H7ClN2O2.ClH/c9-5-1-4(10)2-6-8(5)13-3-7(12)11-6;/h1-2H,3,10H2,(H,11,12);1H. The van der Waals surface area contributed by atoms with Gasteiger partial charge in [-0.25, -0.2) is 0 Å². The van der Waals surface area contributed by atoms with Gasteiger partial charge in [-0.05, 0) is 12.1 Å². The van der Waals surface area contributed by atoms with Gasteiger partial charge in [-0.1, -0.05) is 11.6 Å². The summed E-state index contributed by atoms with van der Waals surface area (Å²) in [7, 11) is 0. The van der Waals surface area contributed by atoms with Gasteiger partial charge in [0.05, 0.1) is 10.7 Å². The van der Waals surface area contributed by atoms with Gasteiger partial charge in [0.1, 0.15) is 0 Å². The molecule has 3 N–H and O–H groups in total. The molecule has 0 atom stereocenters. The van der Waals surface area contributed by atoms with E-state index in [1.54, 1.807) is 12.1 Å². The molecule has 1 heterocycles. The molecule has 14 heavy (non-hydrogen) atoms. The molecule has 1 amide bonds. The van der Waals surface area contributed by atoms with E-state index in [1.165, 1.54) is 0 Å². The van der Waals surface area contributed by atoms with Crippen molar-refractivity contribution in [1.29, 1.82) is 0 Å². The van der Waals surface area contributed by atoms with Crippen LogP contribution in [0.15, 0.2) is 12.1 Å². The number of hydrogen-bond donors (Lipinski definition) is 2. The van der Waals surface area contributed by atoms with Gasteiger partial charge in [-0.2, -0.15) is 0 Å². The van der Waals surface area contributed by atoms with Gasteiger partial charge < -0.3 is 15.8 Å². The highest BCUT2D eigenvalue weighted by molar-refractivity contribution is 6.33. The topological polar surface area (TPSA) is 64.3 Å². The second-order valence-electron chi connectivity index (χ2n) is 2.72. The first-order valence-corrected chi connectivity index (χ1v) is 4.06. The van der Waals surface area contributed by atoms with E-state index < -0.39 is 0 Å². The maximum absolute atomic E-state index is 10.9. The Morgan fingerprint density at radius 1 is 1.50 bits per heavy atom. The van der Waals surface area contributed by atoms with E-state index in [9.17, 15) is 4.79 Å². The summed E-state index contributed by atoms with van der Waals surface area (Å²) in [5, 5.41) is 3.03. The van der Waals surface area contributed by atoms with E-state index in [4.69, 9.17) is 22.1 Å². The molecule has 0 bridgehead atoms. The summed E-state index contributed by atoms with van der Waals surface area (Å²) >= 11 is 5.84. The van der Waals surface area contributed by atoms with Crippen LogP contribution in [0.5, 0.6) is 5.75 Å².